The predicted molar refractivity (Wildman–Crippen MR) is 55.2 cm³/mol. The van der Waals surface area contributed by atoms with Crippen molar-refractivity contribution >= 4 is 6.03 Å². The molecule has 0 fully saturated rings. The molecular weight excluding hydrogens is 212 g/mol. The molecule has 1 aromatic rings. The van der Waals surface area contributed by atoms with Crippen LogP contribution in [-0.2, 0) is 0 Å². The Morgan fingerprint density at radius 2 is 2.38 bits per heavy atom. The molecule has 2 amide bonds. The Balaban J connectivity index is 2.95. The fourth-order valence-corrected chi connectivity index (χ4v) is 0.990. The van der Waals surface area contributed by atoms with Crippen molar-refractivity contribution in [3.63, 3.8) is 0 Å². The molecule has 1 aromatic heterocycles. The van der Waals surface area contributed by atoms with E-state index in [9.17, 15) is 4.79 Å². The van der Waals surface area contributed by atoms with Gasteiger partial charge in [0.25, 0.3) is 0 Å². The molecule has 2 N–H and O–H groups in total. The van der Waals surface area contributed by atoms with Gasteiger partial charge in [0.1, 0.15) is 0 Å². The van der Waals surface area contributed by atoms with E-state index in [1.54, 1.807) is 0 Å². The number of urea groups is 1. The van der Waals surface area contributed by atoms with E-state index in [-0.39, 0.29) is 11.9 Å². The first-order chi connectivity index (χ1) is 7.52. The van der Waals surface area contributed by atoms with Gasteiger partial charge < -0.3 is 15.3 Å². The summed E-state index contributed by atoms with van der Waals surface area (Å²) in [7, 11) is 1.38. The number of hydrogen-bond acceptors (Lipinski definition) is 4. The molecular formula is C9H14N4O3. The Morgan fingerprint density at radius 3 is 2.94 bits per heavy atom. The molecule has 1 rings (SSSR count). The van der Waals surface area contributed by atoms with E-state index < -0.39 is 6.03 Å². The number of amides is 2. The lowest BCUT2D eigenvalue weighted by molar-refractivity contribution is 0.112. The average Bonchev–Trinajstić information content (AvgIpc) is 2.19. The number of hydrogen-bond donors (Lipinski definition) is 2. The third-order valence-corrected chi connectivity index (χ3v) is 1.62. The molecule has 7 heteroatoms. The van der Waals surface area contributed by atoms with Gasteiger partial charge in [0.05, 0.1) is 18.7 Å². The second-order valence-electron chi connectivity index (χ2n) is 3.36. The van der Waals surface area contributed by atoms with E-state index in [0.717, 1.165) is 0 Å². The number of carbonyl (C=O) groups is 1. The second-order valence-corrected chi connectivity index (χ2v) is 3.36. The van der Waals surface area contributed by atoms with Gasteiger partial charge >= 0.3 is 6.03 Å². The minimum absolute atomic E-state index is 0.0117. The lowest BCUT2D eigenvalue weighted by atomic mass is 10.4. The third-order valence-electron chi connectivity index (χ3n) is 1.62. The highest BCUT2D eigenvalue weighted by molar-refractivity contribution is 5.75. The molecule has 7 nitrogen and oxygen atoms in total. The summed E-state index contributed by atoms with van der Waals surface area (Å²) in [6.45, 7) is 3.66. The molecule has 0 saturated carbocycles. The molecule has 0 atom stereocenters. The van der Waals surface area contributed by atoms with Gasteiger partial charge in [0, 0.05) is 12.1 Å². The Bertz CT molecular complexity index is 439. The van der Waals surface area contributed by atoms with Crippen molar-refractivity contribution in [1.29, 1.82) is 0 Å². The summed E-state index contributed by atoms with van der Waals surface area (Å²) >= 11 is 0. The highest BCUT2D eigenvalue weighted by Gasteiger charge is 2.02. The van der Waals surface area contributed by atoms with Crippen molar-refractivity contribution < 1.29 is 14.7 Å². The second kappa shape index (κ2) is 5.15. The zero-order valence-electron chi connectivity index (χ0n) is 9.34. The van der Waals surface area contributed by atoms with E-state index in [1.807, 2.05) is 13.8 Å². The average molecular weight is 226 g/mol. The monoisotopic (exact) mass is 226 g/mol. The van der Waals surface area contributed by atoms with Crippen LogP contribution < -0.4 is 15.4 Å². The summed E-state index contributed by atoms with van der Waals surface area (Å²) in [4.78, 5) is 15.6. The van der Waals surface area contributed by atoms with Gasteiger partial charge in [-0.3, -0.25) is 0 Å². The molecule has 1 heterocycles. The smallest absolute Gasteiger partial charge is 0.341 e. The Kier molecular flexibility index (Phi) is 3.87. The summed E-state index contributed by atoms with van der Waals surface area (Å²) in [6.07, 6.45) is 1.25. The highest BCUT2D eigenvalue weighted by atomic mass is 16.6. The minimum atomic E-state index is -0.463. The maximum atomic E-state index is 11.3. The lowest BCUT2D eigenvalue weighted by Gasteiger charge is -2.04. The maximum absolute atomic E-state index is 11.3. The number of carbonyl (C=O) groups excluding carboxylic acids is 1. The molecule has 0 aliphatic carbocycles. The Hall–Kier alpha value is -2.05. The minimum Gasteiger partial charge on any atom is -0.479 e. The molecule has 0 radical (unpaired) electrons. The number of ether oxygens (including phenoxy) is 1. The SMILES string of the molecule is COc1cc(=NC(=O)NC(C)C)cnn1O. The van der Waals surface area contributed by atoms with E-state index >= 15 is 0 Å². The zero-order valence-corrected chi connectivity index (χ0v) is 9.34. The molecule has 0 aromatic carbocycles. The van der Waals surface area contributed by atoms with Gasteiger partial charge in [-0.25, -0.2) is 4.79 Å². The molecule has 0 unspecified atom stereocenters. The normalized spacial score (nSPS) is 11.6. The molecule has 16 heavy (non-hydrogen) atoms. The van der Waals surface area contributed by atoms with Crippen molar-refractivity contribution in [2.45, 2.75) is 19.9 Å². The number of rotatable bonds is 2. The first-order valence-electron chi connectivity index (χ1n) is 4.70. The van der Waals surface area contributed by atoms with Crippen molar-refractivity contribution in [2.75, 3.05) is 7.11 Å². The van der Waals surface area contributed by atoms with Gasteiger partial charge in [0.2, 0.25) is 5.88 Å². The topological polar surface area (TPSA) is 88.7 Å². The number of methoxy groups -OCH3 is 1. The largest absolute Gasteiger partial charge is 0.479 e. The standard InChI is InChI=1S/C9H14N4O3/c1-6(2)11-9(14)12-7-4-8(16-3)13(15)10-5-7/h4-6,15H,1-3H3,(H,11,14). The third kappa shape index (κ3) is 3.26. The molecule has 0 spiro atoms. The summed E-state index contributed by atoms with van der Waals surface area (Å²) in [5.74, 6) is 0.0959. The van der Waals surface area contributed by atoms with Crippen LogP contribution in [0.4, 0.5) is 4.79 Å². The van der Waals surface area contributed by atoms with Crippen LogP contribution in [0.25, 0.3) is 0 Å². The van der Waals surface area contributed by atoms with Gasteiger partial charge in [-0.05, 0) is 13.8 Å². The summed E-state index contributed by atoms with van der Waals surface area (Å²) in [5, 5.41) is 15.6. The van der Waals surface area contributed by atoms with Crippen LogP contribution >= 0.6 is 0 Å². The molecule has 88 valence electrons. The molecule has 0 aliphatic rings. The van der Waals surface area contributed by atoms with Gasteiger partial charge in [-0.2, -0.15) is 4.99 Å². The molecule has 0 aliphatic heterocycles. The molecule has 0 saturated heterocycles. The predicted octanol–water partition coefficient (Wildman–Crippen LogP) is 0.148. The lowest BCUT2D eigenvalue weighted by Crippen LogP contribution is -2.29. The first-order valence-corrected chi connectivity index (χ1v) is 4.70. The Morgan fingerprint density at radius 1 is 1.69 bits per heavy atom. The fraction of sp³-hybridized carbons (Fsp3) is 0.444. The Labute approximate surface area is 92.3 Å². The van der Waals surface area contributed by atoms with Crippen LogP contribution in [0.3, 0.4) is 0 Å². The summed E-state index contributed by atoms with van der Waals surface area (Å²) in [5.41, 5.74) is 0. The van der Waals surface area contributed by atoms with Crippen molar-refractivity contribution in [2.24, 2.45) is 4.99 Å². The van der Waals surface area contributed by atoms with E-state index in [1.165, 1.54) is 19.4 Å². The van der Waals surface area contributed by atoms with E-state index in [4.69, 9.17) is 9.94 Å². The van der Waals surface area contributed by atoms with Crippen LogP contribution in [-0.4, -0.2) is 34.3 Å². The fourth-order valence-electron chi connectivity index (χ4n) is 0.990. The van der Waals surface area contributed by atoms with Crippen molar-refractivity contribution in [3.8, 4) is 5.88 Å². The first kappa shape index (κ1) is 12.0. The van der Waals surface area contributed by atoms with Crippen LogP contribution in [0.1, 0.15) is 13.8 Å². The number of nitrogens with one attached hydrogen (secondary N) is 1. The summed E-state index contributed by atoms with van der Waals surface area (Å²) < 4.78 is 4.81. The van der Waals surface area contributed by atoms with Crippen LogP contribution in [0.15, 0.2) is 17.3 Å². The van der Waals surface area contributed by atoms with E-state index in [0.29, 0.717) is 10.2 Å². The van der Waals surface area contributed by atoms with Crippen molar-refractivity contribution in [1.82, 2.24) is 15.3 Å². The zero-order chi connectivity index (χ0) is 12.1. The van der Waals surface area contributed by atoms with Crippen LogP contribution in [0.5, 0.6) is 5.88 Å². The number of nitrogens with zero attached hydrogens (tertiary/aromatic N) is 3. The van der Waals surface area contributed by atoms with Gasteiger partial charge in [0.15, 0.2) is 0 Å². The maximum Gasteiger partial charge on any atom is 0.341 e. The quantitative estimate of drug-likeness (QED) is 0.702. The van der Waals surface area contributed by atoms with Crippen molar-refractivity contribution in [3.05, 3.63) is 17.6 Å². The van der Waals surface area contributed by atoms with Crippen LogP contribution in [0, 0.1) is 0 Å². The highest BCUT2D eigenvalue weighted by Crippen LogP contribution is 1.99. The number of aromatic nitrogens is 2. The van der Waals surface area contributed by atoms with E-state index in [2.05, 4.69) is 15.4 Å². The van der Waals surface area contributed by atoms with Gasteiger partial charge in [-0.15, -0.1) is 5.10 Å². The summed E-state index contributed by atoms with van der Waals surface area (Å²) in [6, 6.07) is 0.944. The molecule has 0 bridgehead atoms. The van der Waals surface area contributed by atoms with Crippen LogP contribution in [0.2, 0.25) is 0 Å². The van der Waals surface area contributed by atoms with Gasteiger partial charge in [-0.1, -0.05) is 4.85 Å².